The van der Waals surface area contributed by atoms with E-state index < -0.39 is 18.1 Å². The van der Waals surface area contributed by atoms with Gasteiger partial charge in [0.05, 0.1) is 11.8 Å². The minimum absolute atomic E-state index is 0.0376. The van der Waals surface area contributed by atoms with Gasteiger partial charge in [-0.25, -0.2) is 9.97 Å². The monoisotopic (exact) mass is 315 g/mol. The van der Waals surface area contributed by atoms with Crippen LogP contribution in [0.1, 0.15) is 19.4 Å². The third kappa shape index (κ3) is 3.19. The zero-order valence-electron chi connectivity index (χ0n) is 12.3. The smallest absolute Gasteiger partial charge is 0.332 e. The van der Waals surface area contributed by atoms with Gasteiger partial charge >= 0.3 is 12.0 Å². The van der Waals surface area contributed by atoms with E-state index in [1.165, 1.54) is 45.7 Å². The van der Waals surface area contributed by atoms with Crippen molar-refractivity contribution in [3.05, 3.63) is 30.4 Å². The van der Waals surface area contributed by atoms with Gasteiger partial charge in [0.15, 0.2) is 0 Å². The molecule has 1 aliphatic rings. The molecule has 9 heteroatoms. The first kappa shape index (κ1) is 16.2. The number of aliphatic imine (C=N–C) groups is 1. The van der Waals surface area contributed by atoms with E-state index in [0.717, 1.165) is 0 Å². The summed E-state index contributed by atoms with van der Waals surface area (Å²) in [5.74, 6) is -2.73. The van der Waals surface area contributed by atoms with Crippen molar-refractivity contribution in [2.75, 3.05) is 7.05 Å². The number of alkyl halides is 3. The van der Waals surface area contributed by atoms with E-state index in [4.69, 9.17) is 4.74 Å². The Morgan fingerprint density at radius 1 is 1.23 bits per heavy atom. The van der Waals surface area contributed by atoms with Crippen LogP contribution in [0.25, 0.3) is 5.70 Å². The number of ether oxygens (including phenoxy) is 1. The third-order valence-corrected chi connectivity index (χ3v) is 2.82. The van der Waals surface area contributed by atoms with Gasteiger partial charge in [0, 0.05) is 31.1 Å². The lowest BCUT2D eigenvalue weighted by molar-refractivity contribution is -0.302. The molecule has 6 nitrogen and oxygen atoms in total. The molecule has 1 aromatic rings. The molecule has 1 aliphatic heterocycles. The van der Waals surface area contributed by atoms with E-state index in [1.807, 2.05) is 0 Å². The van der Waals surface area contributed by atoms with Crippen LogP contribution in [0.2, 0.25) is 0 Å². The van der Waals surface area contributed by atoms with E-state index in [-0.39, 0.29) is 11.5 Å². The SMILES string of the molecule is CN=C1C=C(c2cncnc2)NC(OC(C)C)(C(F)(F)F)N1. The second-order valence-electron chi connectivity index (χ2n) is 4.89. The minimum Gasteiger partial charge on any atom is -0.332 e. The Morgan fingerprint density at radius 2 is 1.86 bits per heavy atom. The average molecular weight is 315 g/mol. The van der Waals surface area contributed by atoms with Gasteiger partial charge in [0.1, 0.15) is 12.2 Å². The second-order valence-corrected chi connectivity index (χ2v) is 4.89. The highest BCUT2D eigenvalue weighted by Crippen LogP contribution is 2.34. The van der Waals surface area contributed by atoms with Gasteiger partial charge in [-0.3, -0.25) is 4.99 Å². The number of hydrogen-bond donors (Lipinski definition) is 2. The summed E-state index contributed by atoms with van der Waals surface area (Å²) < 4.78 is 45.9. The highest BCUT2D eigenvalue weighted by molar-refractivity contribution is 6.00. The largest absolute Gasteiger partial charge is 0.458 e. The lowest BCUT2D eigenvalue weighted by Gasteiger charge is -2.42. The van der Waals surface area contributed by atoms with Crippen LogP contribution in [-0.2, 0) is 4.74 Å². The Balaban J connectivity index is 2.48. The van der Waals surface area contributed by atoms with Crippen molar-refractivity contribution in [1.29, 1.82) is 0 Å². The molecule has 1 unspecified atom stereocenters. The summed E-state index contributed by atoms with van der Waals surface area (Å²) in [5.41, 5.74) is 0.559. The molecule has 22 heavy (non-hydrogen) atoms. The number of nitrogens with zero attached hydrogens (tertiary/aromatic N) is 3. The maximum atomic E-state index is 13.6. The second kappa shape index (κ2) is 5.91. The predicted molar refractivity (Wildman–Crippen MR) is 74.6 cm³/mol. The van der Waals surface area contributed by atoms with Crippen LogP contribution in [0.5, 0.6) is 0 Å². The molecule has 0 bridgehead atoms. The molecule has 120 valence electrons. The van der Waals surface area contributed by atoms with Crippen molar-refractivity contribution < 1.29 is 17.9 Å². The molecular weight excluding hydrogens is 299 g/mol. The van der Waals surface area contributed by atoms with Crippen molar-refractivity contribution in [2.24, 2.45) is 4.99 Å². The van der Waals surface area contributed by atoms with Crippen LogP contribution in [-0.4, -0.2) is 41.0 Å². The number of amidine groups is 1. The topological polar surface area (TPSA) is 71.4 Å². The average Bonchev–Trinajstić information content (AvgIpc) is 2.46. The number of halogens is 3. The molecule has 1 aromatic heterocycles. The Morgan fingerprint density at radius 3 is 2.36 bits per heavy atom. The Bertz CT molecular complexity index is 585. The van der Waals surface area contributed by atoms with Crippen molar-refractivity contribution in [2.45, 2.75) is 32.0 Å². The highest BCUT2D eigenvalue weighted by Gasteiger charge is 2.59. The normalized spacial score (nSPS) is 24.0. The summed E-state index contributed by atoms with van der Waals surface area (Å²) in [4.78, 5) is 11.4. The van der Waals surface area contributed by atoms with Crippen LogP contribution < -0.4 is 10.6 Å². The quantitative estimate of drug-likeness (QED) is 0.888. The fourth-order valence-electron chi connectivity index (χ4n) is 1.95. The van der Waals surface area contributed by atoms with Gasteiger partial charge in [0.2, 0.25) is 0 Å². The summed E-state index contributed by atoms with van der Waals surface area (Å²) in [7, 11) is 1.39. The van der Waals surface area contributed by atoms with Crippen molar-refractivity contribution >= 4 is 11.5 Å². The first-order valence-corrected chi connectivity index (χ1v) is 6.52. The zero-order chi connectivity index (χ0) is 16.4. The van der Waals surface area contributed by atoms with Crippen molar-refractivity contribution in [1.82, 2.24) is 20.6 Å². The molecule has 2 rings (SSSR count). The lowest BCUT2D eigenvalue weighted by Crippen LogP contribution is -2.71. The molecule has 1 atom stereocenters. The van der Waals surface area contributed by atoms with Gasteiger partial charge in [-0.2, -0.15) is 13.2 Å². The van der Waals surface area contributed by atoms with Crippen molar-refractivity contribution in [3.8, 4) is 0 Å². The van der Waals surface area contributed by atoms with Crippen LogP contribution in [0.3, 0.4) is 0 Å². The standard InChI is InChI=1S/C13H16F3N5O/c1-8(2)22-13(12(14,15)16)20-10(4-11(17-3)21-13)9-5-18-7-19-6-9/h4-8,20H,1-3H3,(H,17,21). The predicted octanol–water partition coefficient (Wildman–Crippen LogP) is 1.68. The van der Waals surface area contributed by atoms with E-state index in [9.17, 15) is 13.2 Å². The number of nitrogens with one attached hydrogen (secondary N) is 2. The minimum atomic E-state index is -4.72. The van der Waals surface area contributed by atoms with E-state index in [1.54, 1.807) is 0 Å². The van der Waals surface area contributed by atoms with Gasteiger partial charge in [0.25, 0.3) is 0 Å². The Kier molecular flexibility index (Phi) is 4.36. The number of hydrogen-bond acceptors (Lipinski definition) is 5. The summed E-state index contributed by atoms with van der Waals surface area (Å²) in [6.45, 7) is 3.03. The van der Waals surface area contributed by atoms with Crippen LogP contribution in [0.15, 0.2) is 29.8 Å². The molecule has 2 heterocycles. The summed E-state index contributed by atoms with van der Waals surface area (Å²) in [5, 5.41) is 4.62. The van der Waals surface area contributed by atoms with Crippen LogP contribution >= 0.6 is 0 Å². The summed E-state index contributed by atoms with van der Waals surface area (Å²) >= 11 is 0. The maximum Gasteiger partial charge on any atom is 0.458 e. The Labute approximate surface area is 125 Å². The van der Waals surface area contributed by atoms with Crippen molar-refractivity contribution in [3.63, 3.8) is 0 Å². The third-order valence-electron chi connectivity index (χ3n) is 2.82. The summed E-state index contributed by atoms with van der Waals surface area (Å²) in [6, 6.07) is 0. The molecule has 0 aromatic carbocycles. The first-order valence-electron chi connectivity index (χ1n) is 6.52. The molecule has 2 N–H and O–H groups in total. The first-order chi connectivity index (χ1) is 10.3. The van der Waals surface area contributed by atoms with E-state index >= 15 is 0 Å². The number of rotatable bonds is 3. The summed E-state index contributed by atoms with van der Waals surface area (Å²) in [6.07, 6.45) is 0.143. The molecular formula is C13H16F3N5O. The molecule has 0 saturated carbocycles. The fourth-order valence-corrected chi connectivity index (χ4v) is 1.95. The number of aromatic nitrogens is 2. The molecule has 0 spiro atoms. The zero-order valence-corrected chi connectivity index (χ0v) is 12.3. The van der Waals surface area contributed by atoms with Gasteiger partial charge in [-0.15, -0.1) is 0 Å². The fraction of sp³-hybridized carbons (Fsp3) is 0.462. The molecule has 0 fully saturated rings. The van der Waals surface area contributed by atoms with Gasteiger partial charge < -0.3 is 15.4 Å². The van der Waals surface area contributed by atoms with E-state index in [0.29, 0.717) is 5.56 Å². The molecule has 0 aliphatic carbocycles. The highest BCUT2D eigenvalue weighted by atomic mass is 19.4. The Hall–Kier alpha value is -2.16. The molecule has 0 saturated heterocycles. The van der Waals surface area contributed by atoms with Crippen LogP contribution in [0, 0.1) is 0 Å². The van der Waals surface area contributed by atoms with Crippen LogP contribution in [0.4, 0.5) is 13.2 Å². The maximum absolute atomic E-state index is 13.6. The van der Waals surface area contributed by atoms with E-state index in [2.05, 4.69) is 25.6 Å². The molecule has 0 radical (unpaired) electrons. The van der Waals surface area contributed by atoms with Gasteiger partial charge in [-0.1, -0.05) is 0 Å². The van der Waals surface area contributed by atoms with Gasteiger partial charge in [-0.05, 0) is 13.8 Å². The lowest BCUT2D eigenvalue weighted by atomic mass is 10.1. The molecule has 0 amide bonds.